The first-order valence-electron chi connectivity index (χ1n) is 9.39. The van der Waals surface area contributed by atoms with E-state index in [2.05, 4.69) is 51.7 Å². The van der Waals surface area contributed by atoms with Crippen molar-refractivity contribution < 1.29 is 8.42 Å². The average molecular weight is 444 g/mol. The van der Waals surface area contributed by atoms with Crippen LogP contribution in [0.15, 0.2) is 33.7 Å². The summed E-state index contributed by atoms with van der Waals surface area (Å²) in [7, 11) is -2.83. The number of nitrogens with zero attached hydrogens (tertiary/aromatic N) is 1. The molecular weight excluding hydrogens is 414 g/mol. The predicted molar refractivity (Wildman–Crippen MR) is 112 cm³/mol. The Morgan fingerprint density at radius 1 is 1.35 bits per heavy atom. The Morgan fingerprint density at radius 3 is 2.77 bits per heavy atom. The second kappa shape index (κ2) is 10.3. The van der Waals surface area contributed by atoms with Gasteiger partial charge in [-0.2, -0.15) is 0 Å². The van der Waals surface area contributed by atoms with Crippen LogP contribution in [0.5, 0.6) is 0 Å². The summed E-state index contributed by atoms with van der Waals surface area (Å²) in [5, 5.41) is 6.58. The van der Waals surface area contributed by atoms with Gasteiger partial charge in [0.25, 0.3) is 0 Å². The van der Waals surface area contributed by atoms with Crippen molar-refractivity contribution in [2.24, 2.45) is 16.8 Å². The van der Waals surface area contributed by atoms with Crippen molar-refractivity contribution >= 4 is 31.7 Å². The van der Waals surface area contributed by atoms with Gasteiger partial charge in [0.2, 0.25) is 0 Å². The van der Waals surface area contributed by atoms with Crippen molar-refractivity contribution in [3.63, 3.8) is 0 Å². The Labute approximate surface area is 166 Å². The molecule has 7 heteroatoms. The summed E-state index contributed by atoms with van der Waals surface area (Å²) in [5.74, 6) is 2.06. The molecule has 1 fully saturated rings. The molecule has 0 amide bonds. The first-order valence-corrected chi connectivity index (χ1v) is 12.0. The minimum Gasteiger partial charge on any atom is -0.357 e. The summed E-state index contributed by atoms with van der Waals surface area (Å²) in [6, 6.07) is 8.42. The lowest BCUT2D eigenvalue weighted by molar-refractivity contribution is 0.515. The van der Waals surface area contributed by atoms with Gasteiger partial charge in [-0.05, 0) is 49.3 Å². The van der Waals surface area contributed by atoms with Crippen molar-refractivity contribution in [3.8, 4) is 0 Å². The number of aliphatic imine (C=N–C) groups is 1. The number of hydrogen-bond donors (Lipinski definition) is 2. The number of hydrogen-bond acceptors (Lipinski definition) is 3. The van der Waals surface area contributed by atoms with Gasteiger partial charge < -0.3 is 10.6 Å². The zero-order valence-electron chi connectivity index (χ0n) is 15.7. The SMILES string of the molecule is CCNC(=NCC(CC)Cc1cccc(Br)c1)NCC1CCS(=O)(=O)C1. The molecule has 0 spiro atoms. The molecule has 26 heavy (non-hydrogen) atoms. The molecular formula is C19H30BrN3O2S. The van der Waals surface area contributed by atoms with E-state index in [-0.39, 0.29) is 5.92 Å². The third-order valence-electron chi connectivity index (χ3n) is 4.73. The molecule has 0 radical (unpaired) electrons. The van der Waals surface area contributed by atoms with E-state index < -0.39 is 9.84 Å². The van der Waals surface area contributed by atoms with Crippen molar-refractivity contribution in [1.29, 1.82) is 0 Å². The van der Waals surface area contributed by atoms with Crippen LogP contribution in [-0.4, -0.2) is 45.5 Å². The molecule has 2 unspecified atom stereocenters. The second-order valence-electron chi connectivity index (χ2n) is 6.98. The van der Waals surface area contributed by atoms with Gasteiger partial charge >= 0.3 is 0 Å². The van der Waals surface area contributed by atoms with Crippen molar-refractivity contribution in [2.75, 3.05) is 31.1 Å². The molecule has 1 saturated heterocycles. The molecule has 5 nitrogen and oxygen atoms in total. The standard InChI is InChI=1S/C19H30BrN3O2S/c1-3-15(10-16-6-5-7-18(20)11-16)12-22-19(21-4-2)23-13-17-8-9-26(24,25)14-17/h5-7,11,15,17H,3-4,8-10,12-14H2,1-2H3,(H2,21,22,23). The smallest absolute Gasteiger partial charge is 0.191 e. The third-order valence-corrected chi connectivity index (χ3v) is 7.06. The van der Waals surface area contributed by atoms with Crippen molar-refractivity contribution in [3.05, 3.63) is 34.3 Å². The summed E-state index contributed by atoms with van der Waals surface area (Å²) in [4.78, 5) is 4.73. The van der Waals surface area contributed by atoms with Crippen LogP contribution in [0.25, 0.3) is 0 Å². The minimum absolute atomic E-state index is 0.187. The number of benzene rings is 1. The van der Waals surface area contributed by atoms with Crippen LogP contribution in [0.4, 0.5) is 0 Å². The molecule has 2 N–H and O–H groups in total. The van der Waals surface area contributed by atoms with Gasteiger partial charge in [0.05, 0.1) is 11.5 Å². The van der Waals surface area contributed by atoms with Crippen molar-refractivity contribution in [1.82, 2.24) is 10.6 Å². The van der Waals surface area contributed by atoms with E-state index in [1.165, 1.54) is 5.56 Å². The number of sulfone groups is 1. The van der Waals surface area contributed by atoms with E-state index >= 15 is 0 Å². The topological polar surface area (TPSA) is 70.6 Å². The summed E-state index contributed by atoms with van der Waals surface area (Å²) in [6.07, 6.45) is 2.81. The predicted octanol–water partition coefficient (Wildman–Crippen LogP) is 3.01. The normalized spacial score (nSPS) is 20.7. The van der Waals surface area contributed by atoms with Crippen LogP contribution in [0, 0.1) is 11.8 Å². The van der Waals surface area contributed by atoms with Crippen molar-refractivity contribution in [2.45, 2.75) is 33.1 Å². The quantitative estimate of drug-likeness (QED) is 0.478. The highest BCUT2D eigenvalue weighted by Crippen LogP contribution is 2.18. The van der Waals surface area contributed by atoms with Crippen LogP contribution >= 0.6 is 15.9 Å². The van der Waals surface area contributed by atoms with Gasteiger partial charge in [-0.3, -0.25) is 4.99 Å². The fourth-order valence-electron chi connectivity index (χ4n) is 3.17. The second-order valence-corrected chi connectivity index (χ2v) is 10.1. The lowest BCUT2D eigenvalue weighted by atomic mass is 9.97. The molecule has 1 aromatic rings. The van der Waals surface area contributed by atoms with E-state index in [1.54, 1.807) is 0 Å². The fourth-order valence-corrected chi connectivity index (χ4v) is 5.48. The molecule has 1 heterocycles. The Balaban J connectivity index is 1.89. The zero-order valence-corrected chi connectivity index (χ0v) is 18.1. The molecule has 0 bridgehead atoms. The van der Waals surface area contributed by atoms with Crippen LogP contribution in [0.3, 0.4) is 0 Å². The van der Waals surface area contributed by atoms with E-state index in [9.17, 15) is 8.42 Å². The zero-order chi connectivity index (χ0) is 19.0. The van der Waals surface area contributed by atoms with Gasteiger partial charge in [-0.1, -0.05) is 41.4 Å². The van der Waals surface area contributed by atoms with Crippen LogP contribution < -0.4 is 10.6 Å². The summed E-state index contributed by atoms with van der Waals surface area (Å²) in [5.41, 5.74) is 1.32. The Morgan fingerprint density at radius 2 is 2.15 bits per heavy atom. The molecule has 1 aliphatic rings. The molecule has 2 rings (SSSR count). The Kier molecular flexibility index (Phi) is 8.41. The monoisotopic (exact) mass is 443 g/mol. The van der Waals surface area contributed by atoms with E-state index in [0.717, 1.165) is 42.8 Å². The maximum absolute atomic E-state index is 11.6. The highest BCUT2D eigenvalue weighted by atomic mass is 79.9. The number of rotatable bonds is 8. The Bertz CT molecular complexity index is 706. The number of nitrogens with one attached hydrogen (secondary N) is 2. The summed E-state index contributed by atoms with van der Waals surface area (Å²) in [6.45, 7) is 6.43. The molecule has 146 valence electrons. The van der Waals surface area contributed by atoms with E-state index in [1.807, 2.05) is 13.0 Å². The summed E-state index contributed by atoms with van der Waals surface area (Å²) >= 11 is 3.53. The average Bonchev–Trinajstić information content (AvgIpc) is 2.95. The maximum Gasteiger partial charge on any atom is 0.191 e. The molecule has 0 saturated carbocycles. The first-order chi connectivity index (χ1) is 12.4. The molecule has 1 aliphatic heterocycles. The van der Waals surface area contributed by atoms with Crippen LogP contribution in [-0.2, 0) is 16.3 Å². The lowest BCUT2D eigenvalue weighted by Crippen LogP contribution is -2.40. The fraction of sp³-hybridized carbons (Fsp3) is 0.632. The van der Waals surface area contributed by atoms with Gasteiger partial charge in [0.1, 0.15) is 0 Å². The number of halogens is 1. The highest BCUT2D eigenvalue weighted by Gasteiger charge is 2.27. The largest absolute Gasteiger partial charge is 0.357 e. The molecule has 0 aliphatic carbocycles. The van der Waals surface area contributed by atoms with Gasteiger partial charge in [0, 0.05) is 24.1 Å². The molecule has 2 atom stereocenters. The van der Waals surface area contributed by atoms with Gasteiger partial charge in [-0.15, -0.1) is 0 Å². The Hall–Kier alpha value is -1.08. The minimum atomic E-state index is -2.83. The maximum atomic E-state index is 11.6. The van der Waals surface area contributed by atoms with E-state index in [4.69, 9.17) is 4.99 Å². The summed E-state index contributed by atoms with van der Waals surface area (Å²) < 4.78 is 24.3. The van der Waals surface area contributed by atoms with Gasteiger partial charge in [-0.25, -0.2) is 8.42 Å². The lowest BCUT2D eigenvalue weighted by Gasteiger charge is -2.17. The van der Waals surface area contributed by atoms with E-state index in [0.29, 0.717) is 24.0 Å². The number of guanidine groups is 1. The first kappa shape index (κ1) is 21.2. The molecule has 1 aromatic carbocycles. The highest BCUT2D eigenvalue weighted by molar-refractivity contribution is 9.10. The van der Waals surface area contributed by atoms with Gasteiger partial charge in [0.15, 0.2) is 15.8 Å². The third kappa shape index (κ3) is 7.27. The van der Waals surface area contributed by atoms with Crippen LogP contribution in [0.1, 0.15) is 32.3 Å². The molecule has 0 aromatic heterocycles. The van der Waals surface area contributed by atoms with Crippen LogP contribution in [0.2, 0.25) is 0 Å².